The molecule has 3 N–H and O–H groups in total. The second kappa shape index (κ2) is 6.80. The Morgan fingerprint density at radius 3 is 2.38 bits per heavy atom. The standard InChI is InChI=1S/C13H10Cl2N2O3S/c14-7-4-8(15)6-9(5-7)16-13(20)17-11(12(18)19)10-2-1-3-21-10/h1-6,11H,(H,18,19)(H2,16,17,20). The first-order valence-corrected chi connectivity index (χ1v) is 7.39. The van der Waals surface area contributed by atoms with Crippen molar-refractivity contribution in [1.29, 1.82) is 0 Å². The van der Waals surface area contributed by atoms with Crippen LogP contribution in [0.15, 0.2) is 35.7 Å². The Kier molecular flexibility index (Phi) is 5.06. The van der Waals surface area contributed by atoms with Gasteiger partial charge in [-0.05, 0) is 29.6 Å². The molecule has 0 bridgehead atoms. The van der Waals surface area contributed by atoms with Crippen LogP contribution < -0.4 is 10.6 Å². The lowest BCUT2D eigenvalue weighted by atomic mass is 10.2. The number of hydrogen-bond donors (Lipinski definition) is 3. The molecule has 21 heavy (non-hydrogen) atoms. The average Bonchev–Trinajstić information content (AvgIpc) is 2.87. The van der Waals surface area contributed by atoms with Gasteiger partial charge in [-0.25, -0.2) is 9.59 Å². The number of hydrogen-bond acceptors (Lipinski definition) is 3. The third-order valence-electron chi connectivity index (χ3n) is 2.47. The van der Waals surface area contributed by atoms with Crippen molar-refractivity contribution < 1.29 is 14.7 Å². The highest BCUT2D eigenvalue weighted by atomic mass is 35.5. The van der Waals surface area contributed by atoms with Crippen LogP contribution in [0.2, 0.25) is 10.0 Å². The first-order valence-electron chi connectivity index (χ1n) is 5.75. The molecule has 1 unspecified atom stereocenters. The summed E-state index contributed by atoms with van der Waals surface area (Å²) < 4.78 is 0. The largest absolute Gasteiger partial charge is 0.479 e. The first kappa shape index (κ1) is 15.6. The lowest BCUT2D eigenvalue weighted by Gasteiger charge is -2.14. The zero-order chi connectivity index (χ0) is 15.4. The second-order valence-corrected chi connectivity index (χ2v) is 5.90. The predicted octanol–water partition coefficient (Wildman–Crippen LogP) is 4.00. The van der Waals surface area contributed by atoms with Gasteiger partial charge in [-0.3, -0.25) is 0 Å². The number of halogens is 2. The Morgan fingerprint density at radius 1 is 1.19 bits per heavy atom. The quantitative estimate of drug-likeness (QED) is 0.784. The Labute approximate surface area is 134 Å². The van der Waals surface area contributed by atoms with Crippen LogP contribution in [0.25, 0.3) is 0 Å². The van der Waals surface area contributed by atoms with Gasteiger partial charge in [0.05, 0.1) is 0 Å². The number of thiophene rings is 1. The molecule has 8 heteroatoms. The fraction of sp³-hybridized carbons (Fsp3) is 0.0769. The van der Waals surface area contributed by atoms with E-state index in [2.05, 4.69) is 10.6 Å². The van der Waals surface area contributed by atoms with E-state index in [-0.39, 0.29) is 0 Å². The molecule has 2 amide bonds. The lowest BCUT2D eigenvalue weighted by molar-refractivity contribution is -0.139. The number of carboxylic acid groups (broad SMARTS) is 1. The Bertz CT molecular complexity index is 641. The van der Waals surface area contributed by atoms with Crippen LogP contribution >= 0.6 is 34.5 Å². The van der Waals surface area contributed by atoms with Gasteiger partial charge in [-0.1, -0.05) is 29.3 Å². The molecule has 0 aliphatic heterocycles. The number of carbonyl (C=O) groups excluding carboxylic acids is 1. The maximum Gasteiger partial charge on any atom is 0.331 e. The molecule has 0 spiro atoms. The van der Waals surface area contributed by atoms with Crippen LogP contribution in [0.1, 0.15) is 10.9 Å². The minimum Gasteiger partial charge on any atom is -0.479 e. The van der Waals surface area contributed by atoms with Crippen molar-refractivity contribution in [2.45, 2.75) is 6.04 Å². The normalized spacial score (nSPS) is 11.7. The Morgan fingerprint density at radius 2 is 1.86 bits per heavy atom. The molecule has 0 radical (unpaired) electrons. The maximum atomic E-state index is 11.9. The van der Waals surface area contributed by atoms with Gasteiger partial charge in [0, 0.05) is 20.6 Å². The molecule has 0 fully saturated rings. The highest BCUT2D eigenvalue weighted by Gasteiger charge is 2.23. The number of urea groups is 1. The molecular formula is C13H10Cl2N2O3S. The average molecular weight is 345 g/mol. The van der Waals surface area contributed by atoms with E-state index in [1.54, 1.807) is 17.5 Å². The first-order chi connectivity index (χ1) is 9.95. The molecule has 1 aromatic carbocycles. The SMILES string of the molecule is O=C(Nc1cc(Cl)cc(Cl)c1)NC(C(=O)O)c1cccs1. The van der Waals surface area contributed by atoms with Gasteiger partial charge in [0.25, 0.3) is 0 Å². The van der Waals surface area contributed by atoms with Gasteiger partial charge in [0.15, 0.2) is 6.04 Å². The lowest BCUT2D eigenvalue weighted by Crippen LogP contribution is -2.36. The molecule has 0 aliphatic rings. The van der Waals surface area contributed by atoms with Gasteiger partial charge in [-0.2, -0.15) is 0 Å². The zero-order valence-corrected chi connectivity index (χ0v) is 12.8. The van der Waals surface area contributed by atoms with E-state index in [1.165, 1.54) is 29.5 Å². The van der Waals surface area contributed by atoms with Gasteiger partial charge in [0.1, 0.15) is 0 Å². The molecule has 110 valence electrons. The van der Waals surface area contributed by atoms with Gasteiger partial charge in [-0.15, -0.1) is 11.3 Å². The third kappa shape index (κ3) is 4.35. The molecule has 1 atom stereocenters. The highest BCUT2D eigenvalue weighted by Crippen LogP contribution is 2.23. The molecule has 0 saturated heterocycles. The summed E-state index contributed by atoms with van der Waals surface area (Å²) in [6.07, 6.45) is 0. The molecular weight excluding hydrogens is 335 g/mol. The van der Waals surface area contributed by atoms with Gasteiger partial charge >= 0.3 is 12.0 Å². The van der Waals surface area contributed by atoms with E-state index >= 15 is 0 Å². The van der Waals surface area contributed by atoms with Crippen LogP contribution in [0.5, 0.6) is 0 Å². The van der Waals surface area contributed by atoms with E-state index in [4.69, 9.17) is 23.2 Å². The summed E-state index contributed by atoms with van der Waals surface area (Å²) in [6, 6.07) is 6.13. The van der Waals surface area contributed by atoms with Crippen LogP contribution in [-0.4, -0.2) is 17.1 Å². The van der Waals surface area contributed by atoms with Crippen molar-refractivity contribution in [2.24, 2.45) is 0 Å². The van der Waals surface area contributed by atoms with Gasteiger partial charge < -0.3 is 15.7 Å². The fourth-order valence-corrected chi connectivity index (χ4v) is 2.93. The van der Waals surface area contributed by atoms with E-state index in [0.29, 0.717) is 20.6 Å². The molecule has 0 saturated carbocycles. The minimum atomic E-state index is -1.14. The molecule has 0 aliphatic carbocycles. The molecule has 5 nitrogen and oxygen atoms in total. The van der Waals surface area contributed by atoms with Gasteiger partial charge in [0.2, 0.25) is 0 Å². The summed E-state index contributed by atoms with van der Waals surface area (Å²) in [6.45, 7) is 0. The van der Waals surface area contributed by atoms with Crippen molar-refractivity contribution in [3.8, 4) is 0 Å². The molecule has 1 aromatic heterocycles. The number of carbonyl (C=O) groups is 2. The monoisotopic (exact) mass is 344 g/mol. The number of aliphatic carboxylic acids is 1. The number of rotatable bonds is 4. The predicted molar refractivity (Wildman–Crippen MR) is 83.3 cm³/mol. The Hall–Kier alpha value is -1.76. The summed E-state index contributed by atoms with van der Waals surface area (Å²) in [5.74, 6) is -1.14. The summed E-state index contributed by atoms with van der Waals surface area (Å²) in [4.78, 5) is 23.6. The number of amides is 2. The topological polar surface area (TPSA) is 78.4 Å². The second-order valence-electron chi connectivity index (χ2n) is 4.04. The molecule has 1 heterocycles. The number of carboxylic acids is 1. The number of nitrogens with one attached hydrogen (secondary N) is 2. The van der Waals surface area contributed by atoms with E-state index in [0.717, 1.165) is 0 Å². The third-order valence-corrected chi connectivity index (χ3v) is 3.84. The Balaban J connectivity index is 2.08. The van der Waals surface area contributed by atoms with Crippen molar-refractivity contribution in [2.75, 3.05) is 5.32 Å². The van der Waals surface area contributed by atoms with Crippen molar-refractivity contribution >= 4 is 52.2 Å². The van der Waals surface area contributed by atoms with Crippen LogP contribution in [0, 0.1) is 0 Å². The summed E-state index contributed by atoms with van der Waals surface area (Å²) >= 11 is 12.9. The smallest absolute Gasteiger partial charge is 0.331 e. The van der Waals surface area contributed by atoms with E-state index in [1.807, 2.05) is 0 Å². The summed E-state index contributed by atoms with van der Waals surface area (Å²) in [5, 5.41) is 16.5. The van der Waals surface area contributed by atoms with Crippen LogP contribution in [0.3, 0.4) is 0 Å². The number of anilines is 1. The highest BCUT2D eigenvalue weighted by molar-refractivity contribution is 7.10. The maximum absolute atomic E-state index is 11.9. The number of benzene rings is 1. The van der Waals surface area contributed by atoms with Crippen molar-refractivity contribution in [3.63, 3.8) is 0 Å². The van der Waals surface area contributed by atoms with E-state index < -0.39 is 18.0 Å². The molecule has 2 aromatic rings. The van der Waals surface area contributed by atoms with E-state index in [9.17, 15) is 14.7 Å². The summed E-state index contributed by atoms with van der Waals surface area (Å²) in [7, 11) is 0. The molecule has 2 rings (SSSR count). The van der Waals surface area contributed by atoms with Crippen LogP contribution in [-0.2, 0) is 4.79 Å². The van der Waals surface area contributed by atoms with Crippen LogP contribution in [0.4, 0.5) is 10.5 Å². The minimum absolute atomic E-state index is 0.367. The zero-order valence-electron chi connectivity index (χ0n) is 10.5. The van der Waals surface area contributed by atoms with Crippen molar-refractivity contribution in [1.82, 2.24) is 5.32 Å². The fourth-order valence-electron chi connectivity index (χ4n) is 1.63. The van der Waals surface area contributed by atoms with Crippen molar-refractivity contribution in [3.05, 3.63) is 50.6 Å². The summed E-state index contributed by atoms with van der Waals surface area (Å²) in [5.41, 5.74) is 0.375.